The summed E-state index contributed by atoms with van der Waals surface area (Å²) in [7, 11) is 0. The number of halogens is 1. The standard InChI is InChI=1S/C17H19FN4O2/c1-13(14-3-2-4-15(18)11-14)20-7-9-21(10-8-20)17-6-5-16(12-19-17)22(23)24/h2-6,11-13H,7-10H2,1H3. The second-order valence-electron chi connectivity index (χ2n) is 5.89. The lowest BCUT2D eigenvalue weighted by molar-refractivity contribution is -0.385. The number of hydrogen-bond acceptors (Lipinski definition) is 5. The van der Waals surface area contributed by atoms with E-state index >= 15 is 0 Å². The molecule has 126 valence electrons. The van der Waals surface area contributed by atoms with Gasteiger partial charge in [0.2, 0.25) is 0 Å². The summed E-state index contributed by atoms with van der Waals surface area (Å²) >= 11 is 0. The van der Waals surface area contributed by atoms with Crippen molar-refractivity contribution >= 4 is 11.5 Å². The molecule has 0 radical (unpaired) electrons. The number of pyridine rings is 1. The Morgan fingerprint density at radius 2 is 1.96 bits per heavy atom. The SMILES string of the molecule is CC(c1cccc(F)c1)N1CCN(c2ccc([N+](=O)[O-])cn2)CC1. The molecule has 1 fully saturated rings. The number of piperazine rings is 1. The first-order chi connectivity index (χ1) is 11.5. The van der Waals surface area contributed by atoms with Gasteiger partial charge in [-0.2, -0.15) is 0 Å². The van der Waals surface area contributed by atoms with Crippen molar-refractivity contribution in [2.45, 2.75) is 13.0 Å². The van der Waals surface area contributed by atoms with Gasteiger partial charge >= 0.3 is 0 Å². The Kier molecular flexibility index (Phi) is 4.71. The van der Waals surface area contributed by atoms with Crippen molar-refractivity contribution in [3.05, 3.63) is 64.1 Å². The van der Waals surface area contributed by atoms with Crippen LogP contribution in [0.2, 0.25) is 0 Å². The van der Waals surface area contributed by atoms with Gasteiger partial charge in [-0.3, -0.25) is 15.0 Å². The quantitative estimate of drug-likeness (QED) is 0.637. The molecule has 0 bridgehead atoms. The Morgan fingerprint density at radius 1 is 1.21 bits per heavy atom. The summed E-state index contributed by atoms with van der Waals surface area (Å²) in [5.41, 5.74) is 0.967. The van der Waals surface area contributed by atoms with E-state index < -0.39 is 4.92 Å². The van der Waals surface area contributed by atoms with E-state index in [0.29, 0.717) is 0 Å². The maximum absolute atomic E-state index is 13.4. The van der Waals surface area contributed by atoms with Gasteiger partial charge in [-0.05, 0) is 30.7 Å². The van der Waals surface area contributed by atoms with Crippen molar-refractivity contribution in [1.29, 1.82) is 0 Å². The van der Waals surface area contributed by atoms with Crippen LogP contribution in [0.25, 0.3) is 0 Å². The molecule has 3 rings (SSSR count). The first-order valence-electron chi connectivity index (χ1n) is 7.89. The normalized spacial score (nSPS) is 16.8. The van der Waals surface area contributed by atoms with Crippen molar-refractivity contribution in [3.8, 4) is 0 Å². The van der Waals surface area contributed by atoms with Crippen molar-refractivity contribution in [1.82, 2.24) is 9.88 Å². The van der Waals surface area contributed by atoms with E-state index in [4.69, 9.17) is 0 Å². The van der Waals surface area contributed by atoms with Crippen LogP contribution >= 0.6 is 0 Å². The summed E-state index contributed by atoms with van der Waals surface area (Å²) in [6, 6.07) is 10.0. The van der Waals surface area contributed by atoms with Crippen LogP contribution in [-0.2, 0) is 0 Å². The molecule has 6 nitrogen and oxygen atoms in total. The van der Waals surface area contributed by atoms with Gasteiger partial charge in [0.1, 0.15) is 17.8 Å². The maximum atomic E-state index is 13.4. The van der Waals surface area contributed by atoms with Gasteiger partial charge in [0, 0.05) is 38.3 Å². The number of benzene rings is 1. The van der Waals surface area contributed by atoms with Crippen LogP contribution < -0.4 is 4.90 Å². The molecule has 1 aliphatic rings. The third-order valence-electron chi connectivity index (χ3n) is 4.46. The highest BCUT2D eigenvalue weighted by Crippen LogP contribution is 2.24. The highest BCUT2D eigenvalue weighted by Gasteiger charge is 2.23. The smallest absolute Gasteiger partial charge is 0.287 e. The first-order valence-corrected chi connectivity index (χ1v) is 7.89. The van der Waals surface area contributed by atoms with Gasteiger partial charge in [-0.1, -0.05) is 12.1 Å². The summed E-state index contributed by atoms with van der Waals surface area (Å²) in [5, 5.41) is 10.7. The molecular weight excluding hydrogens is 311 g/mol. The Balaban J connectivity index is 1.62. The summed E-state index contributed by atoms with van der Waals surface area (Å²) in [6.45, 7) is 5.30. The summed E-state index contributed by atoms with van der Waals surface area (Å²) < 4.78 is 13.4. The fraction of sp³-hybridized carbons (Fsp3) is 0.353. The van der Waals surface area contributed by atoms with Crippen LogP contribution in [0.5, 0.6) is 0 Å². The van der Waals surface area contributed by atoms with Crippen molar-refractivity contribution in [2.75, 3.05) is 31.1 Å². The third-order valence-corrected chi connectivity index (χ3v) is 4.46. The number of nitrogens with zero attached hydrogens (tertiary/aromatic N) is 4. The van der Waals surface area contributed by atoms with Gasteiger partial charge in [-0.25, -0.2) is 9.37 Å². The minimum atomic E-state index is -0.449. The third kappa shape index (κ3) is 3.51. The zero-order chi connectivity index (χ0) is 17.1. The molecule has 0 N–H and O–H groups in total. The minimum Gasteiger partial charge on any atom is -0.354 e. The van der Waals surface area contributed by atoms with Crippen LogP contribution in [0.1, 0.15) is 18.5 Å². The molecule has 1 aromatic heterocycles. The Labute approximate surface area is 139 Å². The molecule has 1 aromatic carbocycles. The molecule has 1 aliphatic heterocycles. The molecule has 7 heteroatoms. The van der Waals surface area contributed by atoms with E-state index in [1.165, 1.54) is 18.3 Å². The van der Waals surface area contributed by atoms with Crippen LogP contribution in [0.3, 0.4) is 0 Å². The van der Waals surface area contributed by atoms with E-state index in [9.17, 15) is 14.5 Å². The predicted octanol–water partition coefficient (Wildman–Crippen LogP) is 3.01. The first kappa shape index (κ1) is 16.3. The highest BCUT2D eigenvalue weighted by molar-refractivity contribution is 5.43. The summed E-state index contributed by atoms with van der Waals surface area (Å²) in [5.74, 6) is 0.534. The molecule has 1 unspecified atom stereocenters. The van der Waals surface area contributed by atoms with Gasteiger partial charge in [0.05, 0.1) is 4.92 Å². The minimum absolute atomic E-state index is 0.00267. The molecule has 0 amide bonds. The molecular formula is C17H19FN4O2. The molecule has 2 heterocycles. The molecule has 0 aliphatic carbocycles. The van der Waals surface area contributed by atoms with E-state index in [1.54, 1.807) is 18.2 Å². The lowest BCUT2D eigenvalue weighted by atomic mass is 10.1. The van der Waals surface area contributed by atoms with Crippen molar-refractivity contribution in [2.24, 2.45) is 0 Å². The van der Waals surface area contributed by atoms with E-state index in [2.05, 4.69) is 21.7 Å². The average molecular weight is 330 g/mol. The number of hydrogen-bond donors (Lipinski definition) is 0. The van der Waals surface area contributed by atoms with Crippen LogP contribution in [0.4, 0.5) is 15.9 Å². The second kappa shape index (κ2) is 6.92. The Hall–Kier alpha value is -2.54. The average Bonchev–Trinajstić information content (AvgIpc) is 2.61. The molecule has 2 aromatic rings. The predicted molar refractivity (Wildman–Crippen MR) is 89.5 cm³/mol. The van der Waals surface area contributed by atoms with Crippen LogP contribution in [0.15, 0.2) is 42.6 Å². The van der Waals surface area contributed by atoms with Crippen molar-refractivity contribution in [3.63, 3.8) is 0 Å². The zero-order valence-electron chi connectivity index (χ0n) is 13.4. The fourth-order valence-corrected chi connectivity index (χ4v) is 2.99. The van der Waals surface area contributed by atoms with Crippen molar-refractivity contribution < 1.29 is 9.31 Å². The maximum Gasteiger partial charge on any atom is 0.287 e. The van der Waals surface area contributed by atoms with Crippen LogP contribution in [0, 0.1) is 15.9 Å². The molecule has 24 heavy (non-hydrogen) atoms. The second-order valence-corrected chi connectivity index (χ2v) is 5.89. The summed E-state index contributed by atoms with van der Waals surface area (Å²) in [6.07, 6.45) is 1.29. The Bertz CT molecular complexity index is 715. The zero-order valence-corrected chi connectivity index (χ0v) is 13.4. The van der Waals surface area contributed by atoms with Gasteiger partial charge < -0.3 is 4.90 Å². The highest BCUT2D eigenvalue weighted by atomic mass is 19.1. The molecule has 1 saturated heterocycles. The lowest BCUT2D eigenvalue weighted by Crippen LogP contribution is -2.47. The number of rotatable bonds is 4. The van der Waals surface area contributed by atoms with Gasteiger partial charge in [0.25, 0.3) is 5.69 Å². The number of nitro groups is 1. The number of aromatic nitrogens is 1. The lowest BCUT2D eigenvalue weighted by Gasteiger charge is -2.38. The fourth-order valence-electron chi connectivity index (χ4n) is 2.99. The molecule has 0 spiro atoms. The Morgan fingerprint density at radius 3 is 2.54 bits per heavy atom. The van der Waals surface area contributed by atoms with Crippen LogP contribution in [-0.4, -0.2) is 41.0 Å². The van der Waals surface area contributed by atoms with E-state index in [-0.39, 0.29) is 17.5 Å². The van der Waals surface area contributed by atoms with Gasteiger partial charge in [-0.15, -0.1) is 0 Å². The van der Waals surface area contributed by atoms with E-state index in [1.807, 2.05) is 6.07 Å². The topological polar surface area (TPSA) is 62.5 Å². The largest absolute Gasteiger partial charge is 0.354 e. The van der Waals surface area contributed by atoms with E-state index in [0.717, 1.165) is 37.6 Å². The summed E-state index contributed by atoms with van der Waals surface area (Å²) in [4.78, 5) is 18.8. The molecule has 1 atom stereocenters. The molecule has 0 saturated carbocycles. The monoisotopic (exact) mass is 330 g/mol. The van der Waals surface area contributed by atoms with Gasteiger partial charge in [0.15, 0.2) is 0 Å². The number of anilines is 1.